The molecule has 392 valence electrons. The summed E-state index contributed by atoms with van der Waals surface area (Å²) >= 11 is 0. The Bertz CT molecular complexity index is 2880. The zero-order chi connectivity index (χ0) is 53.1. The van der Waals surface area contributed by atoms with Crippen LogP contribution in [0.1, 0.15) is 106 Å². The van der Waals surface area contributed by atoms with Gasteiger partial charge in [0.15, 0.2) is 0 Å². The molecule has 4 aliphatic carbocycles. The number of Topliss-reactive ketones (excluding diaryl/α,β-unsaturated/α-hetero) is 1. The highest BCUT2D eigenvalue weighted by molar-refractivity contribution is 6.00. The molecular weight excluding hydrogens is 953 g/mol. The first-order chi connectivity index (χ1) is 36.0. The molecule has 0 bridgehead atoms. The standard InChI is InChI=1S/C62H66O13/c1-56(70)31-34-61(54(68)74-40-46-25-15-7-16-26-46)58(3)33-32-57(2)48(49(63)35-51(65)71-37-43-19-9-4-10-20-43)29-30-60(57,53(67)73-39-45-23-13-6-14-24-45)62(58,55(69)75-41-47-27-17-8-18-28-47)36-50(64)59(61,42-56)52(66)72-38-44-21-11-5-12-22-44/h4-28,48,50,64,70H,29-42H2,1-3H3/t48-,50-,56-,57-,58-,59?,60?,61?,62?/m1/s1. The third-order valence-corrected chi connectivity index (χ3v) is 18.0. The van der Waals surface area contributed by atoms with E-state index in [1.165, 1.54) is 0 Å². The van der Waals surface area contributed by atoms with Gasteiger partial charge in [0.2, 0.25) is 0 Å². The van der Waals surface area contributed by atoms with Gasteiger partial charge in [0.1, 0.15) is 50.7 Å². The number of fused-ring (bicyclic) bond motifs is 5. The summed E-state index contributed by atoms with van der Waals surface area (Å²) in [4.78, 5) is 93.5. The molecule has 13 nitrogen and oxygen atoms in total. The second-order valence-electron chi connectivity index (χ2n) is 22.0. The maximum absolute atomic E-state index is 16.5. The molecule has 9 rings (SSSR count). The summed E-state index contributed by atoms with van der Waals surface area (Å²) < 4.78 is 31.2. The molecule has 13 heteroatoms. The van der Waals surface area contributed by atoms with Gasteiger partial charge in [-0.25, -0.2) is 0 Å². The normalized spacial score (nSPS) is 30.5. The van der Waals surface area contributed by atoms with E-state index in [1.54, 1.807) is 130 Å². The first-order valence-corrected chi connectivity index (χ1v) is 26.0. The Hall–Kier alpha value is -6.96. The minimum atomic E-state index is -2.30. The van der Waals surface area contributed by atoms with Crippen molar-refractivity contribution in [1.82, 2.24) is 0 Å². The van der Waals surface area contributed by atoms with Gasteiger partial charge in [-0.3, -0.25) is 28.8 Å². The van der Waals surface area contributed by atoms with Crippen molar-refractivity contribution < 1.29 is 62.7 Å². The maximum Gasteiger partial charge on any atom is 0.316 e. The van der Waals surface area contributed by atoms with Crippen LogP contribution in [0.5, 0.6) is 0 Å². The average molecular weight is 1020 g/mol. The molecule has 4 fully saturated rings. The molecule has 5 aromatic carbocycles. The van der Waals surface area contributed by atoms with Crippen molar-refractivity contribution in [1.29, 1.82) is 0 Å². The minimum Gasteiger partial charge on any atom is -0.460 e. The molecule has 75 heavy (non-hydrogen) atoms. The van der Waals surface area contributed by atoms with Crippen molar-refractivity contribution in [2.45, 2.75) is 123 Å². The van der Waals surface area contributed by atoms with Crippen molar-refractivity contribution in [3.05, 3.63) is 179 Å². The fraction of sp³-hybridized carbons (Fsp3) is 0.419. The minimum absolute atomic E-state index is 0.00245. The number of benzene rings is 5. The summed E-state index contributed by atoms with van der Waals surface area (Å²) in [5, 5.41) is 25.9. The number of rotatable bonds is 17. The monoisotopic (exact) mass is 1020 g/mol. The van der Waals surface area contributed by atoms with Gasteiger partial charge in [0.05, 0.1) is 27.9 Å². The predicted octanol–water partition coefficient (Wildman–Crippen LogP) is 9.52. The van der Waals surface area contributed by atoms with Gasteiger partial charge in [-0.1, -0.05) is 166 Å². The summed E-state index contributed by atoms with van der Waals surface area (Å²) in [7, 11) is 0. The van der Waals surface area contributed by atoms with Gasteiger partial charge in [-0.2, -0.15) is 0 Å². The lowest BCUT2D eigenvalue weighted by Crippen LogP contribution is -2.83. The molecule has 4 aliphatic rings. The largest absolute Gasteiger partial charge is 0.460 e. The Labute approximate surface area is 437 Å². The second-order valence-corrected chi connectivity index (χ2v) is 22.0. The smallest absolute Gasteiger partial charge is 0.316 e. The van der Waals surface area contributed by atoms with E-state index in [1.807, 2.05) is 42.5 Å². The Morgan fingerprint density at radius 2 is 0.853 bits per heavy atom. The maximum atomic E-state index is 16.5. The molecule has 4 unspecified atom stereocenters. The summed E-state index contributed by atoms with van der Waals surface area (Å²) in [6.07, 6.45) is -4.39. The van der Waals surface area contributed by atoms with Crippen LogP contribution in [0.3, 0.4) is 0 Å². The number of carbonyl (C=O) groups is 6. The third kappa shape index (κ3) is 8.95. The Morgan fingerprint density at radius 3 is 1.29 bits per heavy atom. The molecule has 9 atom stereocenters. The SMILES string of the molecule is C[C@@]1(O)CCC2(C(=O)OCc3ccccc3)C(C(=O)OCc3ccccc3)(C1)[C@H](O)CC1(C(=O)OCc3ccccc3)C3(C(=O)OCc4ccccc4)CC[C@H](C(=O)CC(=O)OCc4ccccc4)[C@@]3(C)CC[C@]21C. The van der Waals surface area contributed by atoms with Gasteiger partial charge in [0.25, 0.3) is 0 Å². The van der Waals surface area contributed by atoms with Crippen LogP contribution in [-0.4, -0.2) is 57.5 Å². The van der Waals surface area contributed by atoms with Crippen molar-refractivity contribution in [2.24, 2.45) is 38.4 Å². The van der Waals surface area contributed by atoms with Gasteiger partial charge in [-0.05, 0) is 91.5 Å². The van der Waals surface area contributed by atoms with Crippen LogP contribution in [0.25, 0.3) is 0 Å². The number of hydrogen-bond acceptors (Lipinski definition) is 13. The number of ketones is 1. The van der Waals surface area contributed by atoms with Crippen molar-refractivity contribution >= 4 is 35.6 Å². The topological polar surface area (TPSA) is 189 Å². The van der Waals surface area contributed by atoms with E-state index in [9.17, 15) is 19.8 Å². The number of esters is 5. The van der Waals surface area contributed by atoms with E-state index in [2.05, 4.69) is 0 Å². The molecule has 0 spiro atoms. The number of aliphatic hydroxyl groups excluding tert-OH is 1. The summed E-state index contributed by atoms with van der Waals surface area (Å²) in [6, 6.07) is 44.8. The predicted molar refractivity (Wildman–Crippen MR) is 274 cm³/mol. The molecular formula is C62H66O13. The van der Waals surface area contributed by atoms with E-state index in [0.717, 1.165) is 5.56 Å². The van der Waals surface area contributed by atoms with Crippen LogP contribution >= 0.6 is 0 Å². The van der Waals surface area contributed by atoms with Gasteiger partial charge in [0, 0.05) is 11.3 Å². The quantitative estimate of drug-likeness (QED) is 0.0510. The fourth-order valence-electron chi connectivity index (χ4n) is 14.5. The fourth-order valence-corrected chi connectivity index (χ4v) is 14.5. The van der Waals surface area contributed by atoms with Gasteiger partial charge in [-0.15, -0.1) is 0 Å². The van der Waals surface area contributed by atoms with Crippen LogP contribution in [0.4, 0.5) is 0 Å². The molecule has 0 aromatic heterocycles. The summed E-state index contributed by atoms with van der Waals surface area (Å²) in [6.45, 7) is 3.93. The van der Waals surface area contributed by atoms with Crippen molar-refractivity contribution in [3.63, 3.8) is 0 Å². The molecule has 4 saturated carbocycles. The van der Waals surface area contributed by atoms with E-state index in [4.69, 9.17) is 23.7 Å². The number of aliphatic hydroxyl groups is 2. The molecule has 0 radical (unpaired) electrons. The highest BCUT2D eigenvalue weighted by Gasteiger charge is 2.91. The molecule has 5 aromatic rings. The van der Waals surface area contributed by atoms with E-state index >= 15 is 19.2 Å². The number of ether oxygens (including phenoxy) is 5. The lowest BCUT2D eigenvalue weighted by molar-refractivity contribution is -0.324. The van der Waals surface area contributed by atoms with Gasteiger partial charge < -0.3 is 33.9 Å². The number of carbonyl (C=O) groups excluding carboxylic acids is 6. The Balaban J connectivity index is 1.25. The van der Waals surface area contributed by atoms with Crippen molar-refractivity contribution in [2.75, 3.05) is 0 Å². The number of hydrogen-bond donors (Lipinski definition) is 2. The summed E-state index contributed by atoms with van der Waals surface area (Å²) in [5.74, 6) is -6.03. The molecule has 0 aliphatic heterocycles. The second kappa shape index (κ2) is 21.0. The van der Waals surface area contributed by atoms with Crippen LogP contribution in [0.15, 0.2) is 152 Å². The molecule has 0 heterocycles. The Kier molecular flexibility index (Phi) is 14.8. The third-order valence-electron chi connectivity index (χ3n) is 18.0. The van der Waals surface area contributed by atoms with Crippen molar-refractivity contribution in [3.8, 4) is 0 Å². The van der Waals surface area contributed by atoms with Crippen LogP contribution in [-0.2, 0) is 85.5 Å². The van der Waals surface area contributed by atoms with E-state index in [-0.39, 0.29) is 71.6 Å². The first-order valence-electron chi connectivity index (χ1n) is 26.0. The lowest BCUT2D eigenvalue weighted by Gasteiger charge is -2.75. The average Bonchev–Trinajstić information content (AvgIpc) is 3.96. The molecule has 2 N–H and O–H groups in total. The zero-order valence-electron chi connectivity index (χ0n) is 42.9. The zero-order valence-corrected chi connectivity index (χ0v) is 42.9. The lowest BCUT2D eigenvalue weighted by atomic mass is 9.25. The highest BCUT2D eigenvalue weighted by Crippen LogP contribution is 2.85. The summed E-state index contributed by atoms with van der Waals surface area (Å²) in [5.41, 5.74) is -10.7. The molecule has 0 saturated heterocycles. The first kappa shape index (κ1) is 52.9. The van der Waals surface area contributed by atoms with Crippen LogP contribution < -0.4 is 0 Å². The van der Waals surface area contributed by atoms with E-state index in [0.29, 0.717) is 22.3 Å². The van der Waals surface area contributed by atoms with Crippen LogP contribution in [0, 0.1) is 38.4 Å². The highest BCUT2D eigenvalue weighted by atomic mass is 16.6. The molecule has 0 amide bonds. The van der Waals surface area contributed by atoms with Gasteiger partial charge >= 0.3 is 29.8 Å². The van der Waals surface area contributed by atoms with Crippen LogP contribution in [0.2, 0.25) is 0 Å². The van der Waals surface area contributed by atoms with E-state index < -0.39 is 105 Å². The Morgan fingerprint density at radius 1 is 0.467 bits per heavy atom.